The van der Waals surface area contributed by atoms with Gasteiger partial charge in [0.2, 0.25) is 0 Å². The predicted molar refractivity (Wildman–Crippen MR) is 79.1 cm³/mol. The van der Waals surface area contributed by atoms with E-state index in [4.69, 9.17) is 0 Å². The highest BCUT2D eigenvalue weighted by Crippen LogP contribution is 2.34. The first-order chi connectivity index (χ1) is 8.53. The molecule has 1 aliphatic rings. The van der Waals surface area contributed by atoms with Crippen molar-refractivity contribution in [3.63, 3.8) is 0 Å². The summed E-state index contributed by atoms with van der Waals surface area (Å²) in [6, 6.07) is 9.22. The molecule has 2 rings (SSSR count). The lowest BCUT2D eigenvalue weighted by molar-refractivity contribution is 0.292. The van der Waals surface area contributed by atoms with E-state index in [0.717, 1.165) is 0 Å². The lowest BCUT2D eigenvalue weighted by Crippen LogP contribution is -2.40. The first-order valence-electron chi connectivity index (χ1n) is 7.05. The normalized spacial score (nSPS) is 20.8. The maximum Gasteiger partial charge on any atom is 0.0414 e. The Hall–Kier alpha value is -1.02. The fraction of sp³-hybridized carbons (Fsp3) is 0.625. The van der Waals surface area contributed by atoms with Crippen molar-refractivity contribution in [3.05, 3.63) is 29.8 Å². The van der Waals surface area contributed by atoms with Crippen LogP contribution in [-0.2, 0) is 0 Å². The second-order valence-electron chi connectivity index (χ2n) is 6.26. The molecule has 1 aromatic carbocycles. The zero-order chi connectivity index (χ0) is 13.2. The van der Waals surface area contributed by atoms with Crippen LogP contribution in [0.2, 0.25) is 0 Å². The number of piperidine rings is 1. The van der Waals surface area contributed by atoms with Crippen molar-refractivity contribution in [2.45, 2.75) is 39.7 Å². The van der Waals surface area contributed by atoms with Gasteiger partial charge in [-0.2, -0.15) is 0 Å². The molecular weight excluding hydrogens is 220 g/mol. The number of rotatable bonds is 3. The van der Waals surface area contributed by atoms with Gasteiger partial charge < -0.3 is 10.2 Å². The second kappa shape index (κ2) is 5.31. The molecule has 0 bridgehead atoms. The molecule has 18 heavy (non-hydrogen) atoms. The van der Waals surface area contributed by atoms with Gasteiger partial charge in [-0.15, -0.1) is 0 Å². The molecule has 0 amide bonds. The highest BCUT2D eigenvalue weighted by Gasteiger charge is 2.27. The van der Waals surface area contributed by atoms with E-state index < -0.39 is 0 Å². The highest BCUT2D eigenvalue weighted by molar-refractivity contribution is 5.55. The summed E-state index contributed by atoms with van der Waals surface area (Å²) in [6.07, 6.45) is 2.64. The third-order valence-electron chi connectivity index (χ3n) is 4.08. The van der Waals surface area contributed by atoms with Crippen LogP contribution in [0.25, 0.3) is 0 Å². The number of para-hydroxylation sites is 1. The van der Waals surface area contributed by atoms with Crippen LogP contribution in [-0.4, -0.2) is 20.1 Å². The van der Waals surface area contributed by atoms with Crippen LogP contribution >= 0.6 is 0 Å². The summed E-state index contributed by atoms with van der Waals surface area (Å²) >= 11 is 0. The molecule has 1 atom stereocenters. The molecule has 1 aromatic rings. The van der Waals surface area contributed by atoms with Crippen LogP contribution in [0.5, 0.6) is 0 Å². The lowest BCUT2D eigenvalue weighted by Gasteiger charge is -2.40. The second-order valence-corrected chi connectivity index (χ2v) is 6.26. The standard InChI is InChI=1S/C16H26N2/c1-13(17-4)14-8-5-6-9-15(14)18-11-7-10-16(2,3)12-18/h5-6,8-9,13,17H,7,10-12H2,1-4H3. The highest BCUT2D eigenvalue weighted by atomic mass is 15.1. The van der Waals surface area contributed by atoms with Crippen LogP contribution < -0.4 is 10.2 Å². The molecule has 1 N–H and O–H groups in total. The van der Waals surface area contributed by atoms with Crippen molar-refractivity contribution >= 4 is 5.69 Å². The zero-order valence-corrected chi connectivity index (χ0v) is 12.2. The first-order valence-corrected chi connectivity index (χ1v) is 7.05. The SMILES string of the molecule is CNC(C)c1ccccc1N1CCCC(C)(C)C1. The van der Waals surface area contributed by atoms with E-state index in [1.807, 2.05) is 7.05 Å². The fourth-order valence-corrected chi connectivity index (χ4v) is 2.93. The van der Waals surface area contributed by atoms with Crippen molar-refractivity contribution in [2.75, 3.05) is 25.0 Å². The predicted octanol–water partition coefficient (Wildman–Crippen LogP) is 3.59. The number of nitrogens with one attached hydrogen (secondary N) is 1. The number of hydrogen-bond acceptors (Lipinski definition) is 2. The summed E-state index contributed by atoms with van der Waals surface area (Å²) in [4.78, 5) is 2.56. The number of anilines is 1. The molecule has 1 saturated heterocycles. The monoisotopic (exact) mass is 246 g/mol. The Kier molecular flexibility index (Phi) is 3.96. The van der Waals surface area contributed by atoms with Gasteiger partial charge in [-0.25, -0.2) is 0 Å². The number of benzene rings is 1. The Morgan fingerprint density at radius 1 is 1.28 bits per heavy atom. The van der Waals surface area contributed by atoms with E-state index in [0.29, 0.717) is 11.5 Å². The van der Waals surface area contributed by atoms with Crippen LogP contribution in [0.3, 0.4) is 0 Å². The minimum absolute atomic E-state index is 0.409. The zero-order valence-electron chi connectivity index (χ0n) is 12.2. The van der Waals surface area contributed by atoms with Gasteiger partial charge in [-0.3, -0.25) is 0 Å². The van der Waals surface area contributed by atoms with E-state index in [9.17, 15) is 0 Å². The summed E-state index contributed by atoms with van der Waals surface area (Å²) in [5, 5.41) is 3.35. The molecule has 0 spiro atoms. The quantitative estimate of drug-likeness (QED) is 0.876. The maximum atomic E-state index is 3.35. The van der Waals surface area contributed by atoms with Gasteiger partial charge in [0.05, 0.1) is 0 Å². The average molecular weight is 246 g/mol. The smallest absolute Gasteiger partial charge is 0.0414 e. The first kappa shape index (κ1) is 13.4. The molecule has 2 heteroatoms. The third kappa shape index (κ3) is 2.86. The van der Waals surface area contributed by atoms with E-state index >= 15 is 0 Å². The largest absolute Gasteiger partial charge is 0.371 e. The van der Waals surface area contributed by atoms with Crippen molar-refractivity contribution < 1.29 is 0 Å². The Bertz CT molecular complexity index is 398. The molecule has 1 heterocycles. The Morgan fingerprint density at radius 3 is 2.67 bits per heavy atom. The minimum atomic E-state index is 0.409. The molecule has 2 nitrogen and oxygen atoms in total. The van der Waals surface area contributed by atoms with E-state index in [1.165, 1.54) is 37.2 Å². The third-order valence-corrected chi connectivity index (χ3v) is 4.08. The van der Waals surface area contributed by atoms with Gasteiger partial charge in [0.25, 0.3) is 0 Å². The van der Waals surface area contributed by atoms with Gasteiger partial charge in [-0.1, -0.05) is 32.0 Å². The van der Waals surface area contributed by atoms with Crippen LogP contribution in [0.4, 0.5) is 5.69 Å². The topological polar surface area (TPSA) is 15.3 Å². The van der Waals surface area contributed by atoms with Gasteiger partial charge in [0, 0.05) is 24.8 Å². The summed E-state index contributed by atoms with van der Waals surface area (Å²) in [5.41, 5.74) is 3.26. The summed E-state index contributed by atoms with van der Waals surface area (Å²) in [6.45, 7) is 9.35. The molecule has 1 aliphatic heterocycles. The summed E-state index contributed by atoms with van der Waals surface area (Å²) in [7, 11) is 2.03. The molecule has 0 saturated carbocycles. The van der Waals surface area contributed by atoms with E-state index in [-0.39, 0.29) is 0 Å². The average Bonchev–Trinajstić information content (AvgIpc) is 2.36. The Labute approximate surface area is 111 Å². The van der Waals surface area contributed by atoms with Gasteiger partial charge in [-0.05, 0) is 43.9 Å². The van der Waals surface area contributed by atoms with E-state index in [2.05, 4.69) is 55.3 Å². The molecule has 0 aromatic heterocycles. The molecule has 1 fully saturated rings. The molecular formula is C16H26N2. The lowest BCUT2D eigenvalue weighted by atomic mass is 9.83. The molecule has 0 radical (unpaired) electrons. The molecule has 0 aliphatic carbocycles. The number of nitrogens with zero attached hydrogens (tertiary/aromatic N) is 1. The number of hydrogen-bond donors (Lipinski definition) is 1. The van der Waals surface area contributed by atoms with E-state index in [1.54, 1.807) is 0 Å². The van der Waals surface area contributed by atoms with Gasteiger partial charge in [0.1, 0.15) is 0 Å². The van der Waals surface area contributed by atoms with Crippen molar-refractivity contribution in [3.8, 4) is 0 Å². The Balaban J connectivity index is 2.27. The minimum Gasteiger partial charge on any atom is -0.371 e. The van der Waals surface area contributed by atoms with Gasteiger partial charge >= 0.3 is 0 Å². The van der Waals surface area contributed by atoms with Crippen LogP contribution in [0, 0.1) is 5.41 Å². The maximum absolute atomic E-state index is 3.35. The fourth-order valence-electron chi connectivity index (χ4n) is 2.93. The summed E-state index contributed by atoms with van der Waals surface area (Å²) < 4.78 is 0. The van der Waals surface area contributed by atoms with Crippen molar-refractivity contribution in [2.24, 2.45) is 5.41 Å². The van der Waals surface area contributed by atoms with Gasteiger partial charge in [0.15, 0.2) is 0 Å². The molecule has 1 unspecified atom stereocenters. The van der Waals surface area contributed by atoms with Crippen molar-refractivity contribution in [1.82, 2.24) is 5.32 Å². The summed E-state index contributed by atoms with van der Waals surface area (Å²) in [5.74, 6) is 0. The van der Waals surface area contributed by atoms with Crippen LogP contribution in [0.1, 0.15) is 45.2 Å². The van der Waals surface area contributed by atoms with Crippen LogP contribution in [0.15, 0.2) is 24.3 Å². The van der Waals surface area contributed by atoms with Crippen molar-refractivity contribution in [1.29, 1.82) is 0 Å². The Morgan fingerprint density at radius 2 is 2.00 bits per heavy atom. The molecule has 100 valence electrons.